The van der Waals surface area contributed by atoms with Crippen LogP contribution >= 0.6 is 0 Å². The Bertz CT molecular complexity index is 964. The average molecular weight is 365 g/mol. The summed E-state index contributed by atoms with van der Waals surface area (Å²) in [4.78, 5) is 26.1. The van der Waals surface area contributed by atoms with E-state index in [1.807, 2.05) is 42.1 Å². The number of fused-ring (bicyclic) bond motifs is 1. The van der Waals surface area contributed by atoms with E-state index < -0.39 is 0 Å². The number of rotatable bonds is 7. The molecule has 7 nitrogen and oxygen atoms in total. The Morgan fingerprint density at radius 2 is 2.04 bits per heavy atom. The number of nitrogens with one attached hydrogen (secondary N) is 1. The van der Waals surface area contributed by atoms with Gasteiger partial charge in [-0.25, -0.2) is 15.0 Å². The van der Waals surface area contributed by atoms with Crippen molar-refractivity contribution >= 4 is 16.9 Å². The van der Waals surface area contributed by atoms with E-state index in [0.717, 1.165) is 29.7 Å². The third kappa shape index (κ3) is 3.77. The fourth-order valence-corrected chi connectivity index (χ4v) is 3.32. The molecule has 2 aromatic heterocycles. The van der Waals surface area contributed by atoms with Crippen LogP contribution in [0.25, 0.3) is 11.0 Å². The van der Waals surface area contributed by atoms with Gasteiger partial charge in [-0.2, -0.15) is 0 Å². The molecule has 140 valence electrons. The van der Waals surface area contributed by atoms with Crippen LogP contribution in [0, 0.1) is 5.92 Å². The minimum atomic E-state index is -0.0258. The lowest BCUT2D eigenvalue weighted by Crippen LogP contribution is -2.31. The summed E-state index contributed by atoms with van der Waals surface area (Å²) in [5.41, 5.74) is 2.29. The number of aromatic nitrogens is 4. The molecular formula is C20H23N5O2. The molecular weight excluding hydrogens is 342 g/mol. The van der Waals surface area contributed by atoms with Gasteiger partial charge >= 0.3 is 0 Å². The number of imidazole rings is 1. The zero-order valence-corrected chi connectivity index (χ0v) is 15.6. The van der Waals surface area contributed by atoms with E-state index in [9.17, 15) is 4.79 Å². The zero-order valence-electron chi connectivity index (χ0n) is 15.6. The van der Waals surface area contributed by atoms with Gasteiger partial charge in [0, 0.05) is 32.3 Å². The van der Waals surface area contributed by atoms with Crippen molar-refractivity contribution in [3.05, 3.63) is 48.2 Å². The number of aryl methyl sites for hydroxylation is 2. The predicted molar refractivity (Wildman–Crippen MR) is 101 cm³/mol. The van der Waals surface area contributed by atoms with Crippen molar-refractivity contribution in [1.29, 1.82) is 0 Å². The maximum atomic E-state index is 12.6. The lowest BCUT2D eigenvalue weighted by atomic mass is 10.1. The minimum absolute atomic E-state index is 0.00749. The molecule has 1 N–H and O–H groups in total. The van der Waals surface area contributed by atoms with Gasteiger partial charge in [0.2, 0.25) is 11.8 Å². The summed E-state index contributed by atoms with van der Waals surface area (Å²) in [6.07, 6.45) is 6.74. The largest absolute Gasteiger partial charge is 0.480 e. The summed E-state index contributed by atoms with van der Waals surface area (Å²) in [5, 5.41) is 3.16. The molecule has 1 fully saturated rings. The van der Waals surface area contributed by atoms with Crippen molar-refractivity contribution in [2.24, 2.45) is 13.0 Å². The van der Waals surface area contributed by atoms with Crippen LogP contribution in [0.4, 0.5) is 0 Å². The fourth-order valence-electron chi connectivity index (χ4n) is 3.32. The monoisotopic (exact) mass is 365 g/mol. The molecule has 1 aliphatic rings. The molecule has 2 heterocycles. The molecule has 0 radical (unpaired) electrons. The molecule has 7 heteroatoms. The molecule has 0 unspecified atom stereocenters. The van der Waals surface area contributed by atoms with E-state index in [0.29, 0.717) is 30.3 Å². The fraction of sp³-hybridized carbons (Fsp3) is 0.400. The Morgan fingerprint density at radius 3 is 2.67 bits per heavy atom. The highest BCUT2D eigenvalue weighted by Crippen LogP contribution is 2.40. The second-order valence-electron chi connectivity index (χ2n) is 6.95. The van der Waals surface area contributed by atoms with E-state index in [1.165, 1.54) is 0 Å². The Hall–Kier alpha value is -2.96. The second-order valence-corrected chi connectivity index (χ2v) is 6.95. The van der Waals surface area contributed by atoms with Gasteiger partial charge in [0.05, 0.1) is 24.2 Å². The van der Waals surface area contributed by atoms with Gasteiger partial charge < -0.3 is 14.6 Å². The molecule has 0 aliphatic heterocycles. The molecule has 0 spiro atoms. The van der Waals surface area contributed by atoms with Crippen molar-refractivity contribution in [3.63, 3.8) is 0 Å². The van der Waals surface area contributed by atoms with Gasteiger partial charge in [-0.3, -0.25) is 4.79 Å². The highest BCUT2D eigenvalue weighted by atomic mass is 16.5. The van der Waals surface area contributed by atoms with Crippen molar-refractivity contribution in [1.82, 2.24) is 24.8 Å². The maximum Gasteiger partial charge on any atom is 0.235 e. The molecule has 0 bridgehead atoms. The molecule has 27 heavy (non-hydrogen) atoms. The highest BCUT2D eigenvalue weighted by Gasteiger charge is 2.35. The average Bonchev–Trinajstić information content (AvgIpc) is 3.44. The number of hydrogen-bond donors (Lipinski definition) is 1. The molecule has 1 saturated carbocycles. The van der Waals surface area contributed by atoms with Crippen molar-refractivity contribution < 1.29 is 9.53 Å². The first kappa shape index (κ1) is 17.5. The van der Waals surface area contributed by atoms with Gasteiger partial charge in [0.25, 0.3) is 0 Å². The van der Waals surface area contributed by atoms with Gasteiger partial charge in [-0.1, -0.05) is 12.1 Å². The number of carbonyl (C=O) groups excluding carboxylic acids is 1. The Balaban J connectivity index is 1.46. The number of para-hydroxylation sites is 2. The summed E-state index contributed by atoms with van der Waals surface area (Å²) >= 11 is 0. The smallest absolute Gasteiger partial charge is 0.235 e. The summed E-state index contributed by atoms with van der Waals surface area (Å²) in [5.74, 6) is 1.86. The standard InChI is InChI=1S/C20H23N5O2/c1-25-12-11-21-19(25)18(13-7-8-13)24-17(26)10-9-16-20(27-2)23-15-6-4-3-5-14(15)22-16/h3-6,11-13,18H,7-10H2,1-2H3,(H,24,26)/t18-/m0/s1. The predicted octanol–water partition coefficient (Wildman–Crippen LogP) is 2.57. The van der Waals surface area contributed by atoms with Crippen LogP contribution in [0.15, 0.2) is 36.7 Å². The number of methoxy groups -OCH3 is 1. The number of carbonyl (C=O) groups is 1. The van der Waals surface area contributed by atoms with Gasteiger partial charge in [0.1, 0.15) is 11.5 Å². The van der Waals surface area contributed by atoms with Crippen molar-refractivity contribution in [2.45, 2.75) is 31.7 Å². The number of amides is 1. The number of hydrogen-bond acceptors (Lipinski definition) is 5. The summed E-state index contributed by atoms with van der Waals surface area (Å²) in [7, 11) is 3.53. The van der Waals surface area contributed by atoms with E-state index in [1.54, 1.807) is 13.3 Å². The highest BCUT2D eigenvalue weighted by molar-refractivity contribution is 5.77. The topological polar surface area (TPSA) is 81.9 Å². The first-order valence-corrected chi connectivity index (χ1v) is 9.22. The molecule has 1 atom stereocenters. The lowest BCUT2D eigenvalue weighted by molar-refractivity contribution is -0.122. The van der Waals surface area contributed by atoms with E-state index in [2.05, 4.69) is 20.3 Å². The Kier molecular flexibility index (Phi) is 4.75. The van der Waals surface area contributed by atoms with Crippen molar-refractivity contribution in [2.75, 3.05) is 7.11 Å². The molecule has 3 aromatic rings. The minimum Gasteiger partial charge on any atom is -0.480 e. The molecule has 0 saturated heterocycles. The van der Waals surface area contributed by atoms with Crippen LogP contribution < -0.4 is 10.1 Å². The van der Waals surface area contributed by atoms with Crippen LogP contribution in [-0.4, -0.2) is 32.5 Å². The summed E-state index contributed by atoms with van der Waals surface area (Å²) < 4.78 is 7.34. The van der Waals surface area contributed by atoms with Gasteiger partial charge in [0.15, 0.2) is 0 Å². The third-order valence-electron chi connectivity index (χ3n) is 4.93. The number of nitrogens with zero attached hydrogens (tertiary/aromatic N) is 4. The normalized spacial score (nSPS) is 14.9. The molecule has 1 amide bonds. The van der Waals surface area contributed by atoms with E-state index in [4.69, 9.17) is 4.74 Å². The van der Waals surface area contributed by atoms with E-state index in [-0.39, 0.29) is 11.9 Å². The van der Waals surface area contributed by atoms with Crippen LogP contribution in [-0.2, 0) is 18.3 Å². The van der Waals surface area contributed by atoms with Crippen LogP contribution in [0.3, 0.4) is 0 Å². The van der Waals surface area contributed by atoms with E-state index >= 15 is 0 Å². The summed E-state index contributed by atoms with van der Waals surface area (Å²) in [6.45, 7) is 0. The third-order valence-corrected chi connectivity index (χ3v) is 4.93. The second kappa shape index (κ2) is 7.34. The van der Waals surface area contributed by atoms with Crippen molar-refractivity contribution in [3.8, 4) is 5.88 Å². The molecule has 1 aromatic carbocycles. The maximum absolute atomic E-state index is 12.6. The zero-order chi connectivity index (χ0) is 18.8. The number of ether oxygens (including phenoxy) is 1. The number of benzene rings is 1. The van der Waals surface area contributed by atoms with Crippen LogP contribution in [0.1, 0.15) is 36.8 Å². The van der Waals surface area contributed by atoms with Crippen LogP contribution in [0.5, 0.6) is 5.88 Å². The van der Waals surface area contributed by atoms with Crippen LogP contribution in [0.2, 0.25) is 0 Å². The van der Waals surface area contributed by atoms with Gasteiger partial charge in [-0.15, -0.1) is 0 Å². The first-order chi connectivity index (χ1) is 13.2. The molecule has 4 rings (SSSR count). The lowest BCUT2D eigenvalue weighted by Gasteiger charge is -2.18. The van der Waals surface area contributed by atoms with Gasteiger partial charge in [-0.05, 0) is 30.9 Å². The first-order valence-electron chi connectivity index (χ1n) is 9.22. The Morgan fingerprint density at radius 1 is 1.30 bits per heavy atom. The molecule has 1 aliphatic carbocycles. The SMILES string of the molecule is COc1nc2ccccc2nc1CCC(=O)N[C@H](c1nccn1C)C1CC1. The summed E-state index contributed by atoms with van der Waals surface area (Å²) in [6, 6.07) is 7.62. The quantitative estimate of drug-likeness (QED) is 0.696. The Labute approximate surface area is 157 Å².